The van der Waals surface area contributed by atoms with Crippen molar-refractivity contribution in [1.82, 2.24) is 0 Å². The molecule has 0 fully saturated rings. The van der Waals surface area contributed by atoms with Crippen LogP contribution < -0.4 is 20.7 Å². The van der Waals surface area contributed by atoms with Crippen LogP contribution in [0.3, 0.4) is 0 Å². The van der Waals surface area contributed by atoms with Crippen LogP contribution in [0.2, 0.25) is 0 Å². The second kappa shape index (κ2) is 5.02. The number of nitrogens with two attached hydrogens (primary N) is 1. The molecule has 7 heteroatoms. The van der Waals surface area contributed by atoms with Gasteiger partial charge in [0.1, 0.15) is 0 Å². The second-order valence-electron chi connectivity index (χ2n) is 4.50. The lowest BCUT2D eigenvalue weighted by atomic mass is 10.1. The van der Waals surface area contributed by atoms with Gasteiger partial charge in [-0.2, -0.15) is 0 Å². The summed E-state index contributed by atoms with van der Waals surface area (Å²) >= 11 is 3.99. The van der Waals surface area contributed by atoms with E-state index in [0.717, 1.165) is 9.99 Å². The molecule has 4 N–H and O–H groups in total. The number of hydrogen-bond acceptors (Lipinski definition) is 4. The highest BCUT2D eigenvalue weighted by Gasteiger charge is 2.20. The number of hydrogen-bond donors (Lipinski definition) is 4. The molecule has 1 heterocycles. The van der Waals surface area contributed by atoms with Crippen molar-refractivity contribution in [3.8, 4) is 0 Å². The maximum absolute atomic E-state index is 12.3. The summed E-state index contributed by atoms with van der Waals surface area (Å²) in [5.74, 6) is -0.268. The number of rotatable bonds is 1. The summed E-state index contributed by atoms with van der Waals surface area (Å²) in [5.41, 5.74) is 8.14. The van der Waals surface area contributed by atoms with E-state index in [0.29, 0.717) is 22.6 Å². The molecule has 21 heavy (non-hydrogen) atoms. The Morgan fingerprint density at radius 3 is 2.38 bits per heavy atom. The molecule has 0 atom stereocenters. The summed E-state index contributed by atoms with van der Waals surface area (Å²) in [5, 5.41) is 6.00. The van der Waals surface area contributed by atoms with Gasteiger partial charge in [0.2, 0.25) is 0 Å². The van der Waals surface area contributed by atoms with Crippen LogP contribution in [0.1, 0.15) is 10.4 Å². The van der Waals surface area contributed by atoms with E-state index < -0.39 is 6.03 Å². The van der Waals surface area contributed by atoms with E-state index in [-0.39, 0.29) is 5.91 Å². The van der Waals surface area contributed by atoms with Gasteiger partial charge in [-0.15, -0.1) is 0 Å². The molecule has 2 aromatic rings. The third-order valence-corrected chi connectivity index (χ3v) is 3.57. The number of fused-ring (bicyclic) bond motifs is 2. The van der Waals surface area contributed by atoms with Gasteiger partial charge in [-0.1, -0.05) is 24.9 Å². The number of para-hydroxylation sites is 2. The molecule has 2 aromatic carbocycles. The predicted octanol–water partition coefficient (Wildman–Crippen LogP) is 2.73. The van der Waals surface area contributed by atoms with E-state index in [9.17, 15) is 9.59 Å². The van der Waals surface area contributed by atoms with Crippen molar-refractivity contribution in [3.63, 3.8) is 0 Å². The number of benzene rings is 2. The molecule has 0 spiro atoms. The minimum Gasteiger partial charge on any atom is -0.353 e. The monoisotopic (exact) mass is 300 g/mol. The highest BCUT2D eigenvalue weighted by atomic mass is 32.1. The number of anilines is 4. The van der Waals surface area contributed by atoms with Crippen LogP contribution in [0, 0.1) is 0 Å². The number of carbonyl (C=O) groups is 2. The van der Waals surface area contributed by atoms with Crippen molar-refractivity contribution < 1.29 is 9.59 Å². The standard InChI is InChI=1S/C14H12N4O2S/c15-14(20)18(21)8-5-6-10-9(7-8)13(19)17-12-4-2-1-3-11(12)16-10/h1-7,16,21H,(H2,15,20)(H,17,19). The quantitative estimate of drug-likeness (QED) is 0.611. The van der Waals surface area contributed by atoms with E-state index in [1.807, 2.05) is 18.2 Å². The number of nitrogens with one attached hydrogen (secondary N) is 2. The molecule has 0 unspecified atom stereocenters. The molecule has 0 saturated heterocycles. The molecule has 1 aliphatic heterocycles. The number of amides is 3. The average molecular weight is 300 g/mol. The normalized spacial score (nSPS) is 12.3. The predicted molar refractivity (Wildman–Crippen MR) is 85.2 cm³/mol. The highest BCUT2D eigenvalue weighted by molar-refractivity contribution is 7.82. The lowest BCUT2D eigenvalue weighted by Crippen LogP contribution is -2.27. The number of primary amides is 1. The van der Waals surface area contributed by atoms with Gasteiger partial charge in [-0.25, -0.2) is 9.10 Å². The molecule has 106 valence electrons. The summed E-state index contributed by atoms with van der Waals surface area (Å²) < 4.78 is 0.978. The van der Waals surface area contributed by atoms with Gasteiger partial charge in [0, 0.05) is 0 Å². The molecule has 0 radical (unpaired) electrons. The maximum Gasteiger partial charge on any atom is 0.329 e. The van der Waals surface area contributed by atoms with Gasteiger partial charge >= 0.3 is 6.03 Å². The Morgan fingerprint density at radius 2 is 1.71 bits per heavy atom. The summed E-state index contributed by atoms with van der Waals surface area (Å²) in [6, 6.07) is 11.6. The fourth-order valence-electron chi connectivity index (χ4n) is 2.12. The van der Waals surface area contributed by atoms with Crippen LogP contribution in [-0.2, 0) is 0 Å². The lowest BCUT2D eigenvalue weighted by molar-refractivity contribution is 0.102. The Balaban J connectivity index is 2.06. The number of urea groups is 1. The minimum atomic E-state index is -0.719. The molecule has 0 bridgehead atoms. The lowest BCUT2D eigenvalue weighted by Gasteiger charge is -2.15. The molecule has 0 aromatic heterocycles. The second-order valence-corrected chi connectivity index (χ2v) is 4.90. The molecule has 1 aliphatic rings. The molecule has 6 nitrogen and oxygen atoms in total. The zero-order valence-electron chi connectivity index (χ0n) is 10.8. The minimum absolute atomic E-state index is 0.268. The molecule has 3 amide bonds. The molecule has 0 saturated carbocycles. The number of nitrogens with zero attached hydrogens (tertiary/aromatic N) is 1. The van der Waals surface area contributed by atoms with Gasteiger partial charge in [0.05, 0.1) is 28.3 Å². The Labute approximate surface area is 126 Å². The topological polar surface area (TPSA) is 87.5 Å². The van der Waals surface area contributed by atoms with Crippen LogP contribution in [0.15, 0.2) is 42.5 Å². The molecular weight excluding hydrogens is 288 g/mol. The Kier molecular flexibility index (Phi) is 3.19. The van der Waals surface area contributed by atoms with Crippen LogP contribution in [0.4, 0.5) is 27.5 Å². The van der Waals surface area contributed by atoms with E-state index in [4.69, 9.17) is 5.73 Å². The smallest absolute Gasteiger partial charge is 0.329 e. The Morgan fingerprint density at radius 1 is 1.05 bits per heavy atom. The van der Waals surface area contributed by atoms with Crippen molar-refractivity contribution in [2.45, 2.75) is 0 Å². The first-order valence-electron chi connectivity index (χ1n) is 6.16. The number of thiol groups is 1. The van der Waals surface area contributed by atoms with Crippen LogP contribution in [0.25, 0.3) is 0 Å². The van der Waals surface area contributed by atoms with Gasteiger partial charge in [-0.3, -0.25) is 4.79 Å². The van der Waals surface area contributed by atoms with Crippen molar-refractivity contribution in [1.29, 1.82) is 0 Å². The summed E-state index contributed by atoms with van der Waals surface area (Å²) in [4.78, 5) is 23.5. The first-order chi connectivity index (χ1) is 10.1. The van der Waals surface area contributed by atoms with E-state index in [1.54, 1.807) is 24.3 Å². The SMILES string of the molecule is NC(=O)N(S)c1ccc2c(c1)C(=O)Nc1ccccc1N2. The van der Waals surface area contributed by atoms with Crippen molar-refractivity contribution in [2.75, 3.05) is 14.9 Å². The maximum atomic E-state index is 12.3. The van der Waals surface area contributed by atoms with Crippen LogP contribution in [-0.4, -0.2) is 11.9 Å². The first kappa shape index (κ1) is 13.3. The fourth-order valence-corrected chi connectivity index (χ4v) is 2.25. The summed E-state index contributed by atoms with van der Waals surface area (Å²) in [6.07, 6.45) is 0. The van der Waals surface area contributed by atoms with E-state index in [1.165, 1.54) is 0 Å². The van der Waals surface area contributed by atoms with E-state index >= 15 is 0 Å². The molecular formula is C14H12N4O2S. The zero-order valence-corrected chi connectivity index (χ0v) is 11.7. The third kappa shape index (κ3) is 2.38. The molecule has 0 aliphatic carbocycles. The van der Waals surface area contributed by atoms with Gasteiger partial charge < -0.3 is 16.4 Å². The van der Waals surface area contributed by atoms with Crippen molar-refractivity contribution in [2.24, 2.45) is 5.73 Å². The average Bonchev–Trinajstić information content (AvgIpc) is 2.62. The van der Waals surface area contributed by atoms with E-state index in [2.05, 4.69) is 23.4 Å². The van der Waals surface area contributed by atoms with Gasteiger partial charge in [-0.05, 0) is 30.3 Å². The van der Waals surface area contributed by atoms with Crippen molar-refractivity contribution in [3.05, 3.63) is 48.0 Å². The van der Waals surface area contributed by atoms with Gasteiger partial charge in [0.15, 0.2) is 0 Å². The van der Waals surface area contributed by atoms with Gasteiger partial charge in [0.25, 0.3) is 5.91 Å². The summed E-state index contributed by atoms with van der Waals surface area (Å²) in [7, 11) is 0. The van der Waals surface area contributed by atoms with Crippen LogP contribution >= 0.6 is 12.8 Å². The highest BCUT2D eigenvalue weighted by Crippen LogP contribution is 2.33. The Bertz CT molecular complexity index is 748. The molecule has 3 rings (SSSR count). The fraction of sp³-hybridized carbons (Fsp3) is 0. The summed E-state index contributed by atoms with van der Waals surface area (Å²) in [6.45, 7) is 0. The van der Waals surface area contributed by atoms with Crippen LogP contribution in [0.5, 0.6) is 0 Å². The Hall–Kier alpha value is -2.67. The zero-order chi connectivity index (χ0) is 15.0. The number of carbonyl (C=O) groups excluding carboxylic acids is 2. The third-order valence-electron chi connectivity index (χ3n) is 3.15. The largest absolute Gasteiger partial charge is 0.353 e. The van der Waals surface area contributed by atoms with Crippen molar-refractivity contribution >= 4 is 47.5 Å². The first-order valence-corrected chi connectivity index (χ1v) is 6.56.